The molecule has 7 nitrogen and oxygen atoms in total. The first-order valence-corrected chi connectivity index (χ1v) is 9.50. The van der Waals surface area contributed by atoms with Gasteiger partial charge in [0.25, 0.3) is 5.91 Å². The lowest BCUT2D eigenvalue weighted by Crippen LogP contribution is -2.35. The Kier molecular flexibility index (Phi) is 4.57. The third kappa shape index (κ3) is 3.76. The van der Waals surface area contributed by atoms with E-state index >= 15 is 0 Å². The quantitative estimate of drug-likeness (QED) is 0.880. The summed E-state index contributed by atoms with van der Waals surface area (Å²) >= 11 is 0. The van der Waals surface area contributed by atoms with Crippen LogP contribution in [0.5, 0.6) is 5.75 Å². The molecule has 1 aromatic heterocycles. The lowest BCUT2D eigenvalue weighted by molar-refractivity contribution is 0.0932. The van der Waals surface area contributed by atoms with E-state index in [1.807, 2.05) is 31.2 Å². The van der Waals surface area contributed by atoms with E-state index in [1.54, 1.807) is 0 Å². The van der Waals surface area contributed by atoms with Gasteiger partial charge in [-0.25, -0.2) is 8.42 Å². The van der Waals surface area contributed by atoms with Crippen LogP contribution in [0.3, 0.4) is 0 Å². The molecule has 2 aromatic rings. The Morgan fingerprint density at radius 2 is 2.12 bits per heavy atom. The van der Waals surface area contributed by atoms with Crippen LogP contribution >= 0.6 is 0 Å². The number of nitrogens with one attached hydrogen (secondary N) is 1. The largest absolute Gasteiger partial charge is 0.494 e. The Balaban J connectivity index is 1.67. The average Bonchev–Trinajstić information content (AvgIpc) is 3.15. The molecular formula is C16H18N2O5S. The van der Waals surface area contributed by atoms with Crippen LogP contribution in [-0.4, -0.2) is 43.6 Å². The van der Waals surface area contributed by atoms with E-state index in [9.17, 15) is 13.2 Å². The molecule has 0 saturated carbocycles. The summed E-state index contributed by atoms with van der Waals surface area (Å²) in [5.41, 5.74) is 0.900. The topological polar surface area (TPSA) is 98.5 Å². The van der Waals surface area contributed by atoms with Crippen LogP contribution in [0.15, 0.2) is 34.9 Å². The molecule has 3 rings (SSSR count). The third-order valence-corrected chi connectivity index (χ3v) is 5.53. The summed E-state index contributed by atoms with van der Waals surface area (Å²) in [6.07, 6.45) is 0.428. The maximum atomic E-state index is 12.1. The van der Waals surface area contributed by atoms with Gasteiger partial charge in [-0.2, -0.15) is 0 Å². The maximum Gasteiger partial charge on any atom is 0.273 e. The molecule has 0 bridgehead atoms. The highest BCUT2D eigenvalue weighted by atomic mass is 32.2. The van der Waals surface area contributed by atoms with Gasteiger partial charge in [0, 0.05) is 17.7 Å². The summed E-state index contributed by atoms with van der Waals surface area (Å²) in [6, 6.07) is 8.42. The van der Waals surface area contributed by atoms with Crippen molar-refractivity contribution in [1.82, 2.24) is 10.5 Å². The molecule has 1 aliphatic heterocycles. The molecule has 0 radical (unpaired) electrons. The van der Waals surface area contributed by atoms with E-state index in [2.05, 4.69) is 10.5 Å². The van der Waals surface area contributed by atoms with Crippen LogP contribution in [0.25, 0.3) is 11.3 Å². The molecule has 24 heavy (non-hydrogen) atoms. The maximum absolute atomic E-state index is 12.1. The zero-order valence-corrected chi connectivity index (χ0v) is 14.0. The van der Waals surface area contributed by atoms with Crippen LogP contribution < -0.4 is 10.1 Å². The lowest BCUT2D eigenvalue weighted by Gasteiger charge is -2.08. The Hall–Kier alpha value is -2.35. The molecule has 1 aliphatic rings. The summed E-state index contributed by atoms with van der Waals surface area (Å²) in [4.78, 5) is 12.1. The SMILES string of the molecule is CCOc1ccc(-c2cc(C(=O)N[C@@H]3CCS(=O)(=O)C3)no2)cc1. The number of rotatable bonds is 5. The van der Waals surface area contributed by atoms with E-state index in [1.165, 1.54) is 6.07 Å². The minimum Gasteiger partial charge on any atom is -0.494 e. The number of hydrogen-bond donors (Lipinski definition) is 1. The van der Waals surface area contributed by atoms with Crippen molar-refractivity contribution < 1.29 is 22.5 Å². The summed E-state index contributed by atoms with van der Waals surface area (Å²) in [7, 11) is -3.04. The molecule has 1 aromatic carbocycles. The van der Waals surface area contributed by atoms with Crippen LogP contribution in [0, 0.1) is 0 Å². The van der Waals surface area contributed by atoms with E-state index in [4.69, 9.17) is 9.26 Å². The van der Waals surface area contributed by atoms with Gasteiger partial charge in [-0.15, -0.1) is 0 Å². The van der Waals surface area contributed by atoms with Crippen molar-refractivity contribution in [2.45, 2.75) is 19.4 Å². The van der Waals surface area contributed by atoms with E-state index in [0.717, 1.165) is 11.3 Å². The second-order valence-electron chi connectivity index (χ2n) is 5.61. The van der Waals surface area contributed by atoms with E-state index in [-0.39, 0.29) is 23.2 Å². The van der Waals surface area contributed by atoms with Gasteiger partial charge in [-0.05, 0) is 37.6 Å². The second-order valence-corrected chi connectivity index (χ2v) is 7.84. The Bertz CT molecular complexity index is 826. The van der Waals surface area contributed by atoms with Gasteiger partial charge in [-0.1, -0.05) is 5.16 Å². The summed E-state index contributed by atoms with van der Waals surface area (Å²) in [5.74, 6) is 0.859. The number of benzene rings is 1. The van der Waals surface area contributed by atoms with Crippen molar-refractivity contribution in [2.24, 2.45) is 0 Å². The van der Waals surface area contributed by atoms with Gasteiger partial charge in [0.15, 0.2) is 21.3 Å². The number of sulfone groups is 1. The molecule has 0 unspecified atom stereocenters. The standard InChI is InChI=1S/C16H18N2O5S/c1-2-22-13-5-3-11(4-6-13)15-9-14(18-23-15)16(19)17-12-7-8-24(20,21)10-12/h3-6,9,12H,2,7-8,10H2,1H3,(H,17,19)/t12-/m1/s1. The molecule has 8 heteroatoms. The minimum atomic E-state index is -3.04. The Morgan fingerprint density at radius 3 is 2.75 bits per heavy atom. The molecule has 1 atom stereocenters. The smallest absolute Gasteiger partial charge is 0.273 e. The van der Waals surface area contributed by atoms with Crippen LogP contribution in [-0.2, 0) is 9.84 Å². The predicted octanol–water partition coefficient (Wildman–Crippen LogP) is 1.66. The first-order valence-electron chi connectivity index (χ1n) is 7.68. The summed E-state index contributed by atoms with van der Waals surface area (Å²) in [5, 5.41) is 6.44. The number of amides is 1. The molecule has 2 heterocycles. The molecule has 0 aliphatic carbocycles. The predicted molar refractivity (Wildman–Crippen MR) is 87.6 cm³/mol. The number of ether oxygens (including phenoxy) is 1. The fourth-order valence-corrected chi connectivity index (χ4v) is 4.24. The van der Waals surface area contributed by atoms with Gasteiger partial charge in [-0.3, -0.25) is 4.79 Å². The second kappa shape index (κ2) is 6.64. The molecule has 1 amide bonds. The number of hydrogen-bond acceptors (Lipinski definition) is 6. The number of carbonyl (C=O) groups excluding carboxylic acids is 1. The number of aromatic nitrogens is 1. The molecule has 1 saturated heterocycles. The molecular weight excluding hydrogens is 332 g/mol. The van der Waals surface area contributed by atoms with Crippen molar-refractivity contribution in [3.63, 3.8) is 0 Å². The average molecular weight is 350 g/mol. The van der Waals surface area contributed by atoms with E-state index in [0.29, 0.717) is 18.8 Å². The zero-order chi connectivity index (χ0) is 17.2. The molecule has 128 valence electrons. The monoisotopic (exact) mass is 350 g/mol. The number of nitrogens with zero attached hydrogens (tertiary/aromatic N) is 1. The fourth-order valence-electron chi connectivity index (χ4n) is 2.57. The molecule has 1 fully saturated rings. The first-order chi connectivity index (χ1) is 11.5. The Morgan fingerprint density at radius 1 is 1.38 bits per heavy atom. The van der Waals surface area contributed by atoms with E-state index < -0.39 is 15.7 Å². The highest BCUT2D eigenvalue weighted by Gasteiger charge is 2.29. The van der Waals surface area contributed by atoms with Crippen LogP contribution in [0.1, 0.15) is 23.8 Å². The van der Waals surface area contributed by atoms with Crippen LogP contribution in [0.4, 0.5) is 0 Å². The summed E-state index contributed by atoms with van der Waals surface area (Å²) < 4.78 is 33.4. The highest BCUT2D eigenvalue weighted by molar-refractivity contribution is 7.91. The van der Waals surface area contributed by atoms with Gasteiger partial charge in [0.1, 0.15) is 5.75 Å². The fraction of sp³-hybridized carbons (Fsp3) is 0.375. The zero-order valence-electron chi connectivity index (χ0n) is 13.2. The van der Waals surface area contributed by atoms with Crippen molar-refractivity contribution in [1.29, 1.82) is 0 Å². The molecule has 0 spiro atoms. The third-order valence-electron chi connectivity index (χ3n) is 3.76. The van der Waals surface area contributed by atoms with Crippen molar-refractivity contribution in [3.8, 4) is 17.1 Å². The van der Waals surface area contributed by atoms with Gasteiger partial charge in [0.05, 0.1) is 18.1 Å². The highest BCUT2D eigenvalue weighted by Crippen LogP contribution is 2.23. The number of carbonyl (C=O) groups is 1. The molecule has 1 N–H and O–H groups in total. The Labute approximate surface area is 139 Å². The van der Waals surface area contributed by atoms with Crippen molar-refractivity contribution >= 4 is 15.7 Å². The van der Waals surface area contributed by atoms with Crippen molar-refractivity contribution in [2.75, 3.05) is 18.1 Å². The van der Waals surface area contributed by atoms with Gasteiger partial charge in [0.2, 0.25) is 0 Å². The minimum absolute atomic E-state index is 0.0255. The van der Waals surface area contributed by atoms with Crippen molar-refractivity contribution in [3.05, 3.63) is 36.0 Å². The first kappa shape index (κ1) is 16.5. The summed E-state index contributed by atoms with van der Waals surface area (Å²) in [6.45, 7) is 2.49. The van der Waals surface area contributed by atoms with Crippen LogP contribution in [0.2, 0.25) is 0 Å². The lowest BCUT2D eigenvalue weighted by atomic mass is 10.1. The van der Waals surface area contributed by atoms with Gasteiger partial charge < -0.3 is 14.6 Å². The normalized spacial score (nSPS) is 19.1. The van der Waals surface area contributed by atoms with Gasteiger partial charge >= 0.3 is 0 Å².